The summed E-state index contributed by atoms with van der Waals surface area (Å²) in [5, 5.41) is 14.0. The van der Waals surface area contributed by atoms with Crippen LogP contribution in [0.2, 0.25) is 0 Å². The van der Waals surface area contributed by atoms with Crippen molar-refractivity contribution in [2.45, 2.75) is 57.3 Å². The van der Waals surface area contributed by atoms with Crippen molar-refractivity contribution < 1.29 is 29.1 Å². The molecule has 12 heteroatoms. The summed E-state index contributed by atoms with van der Waals surface area (Å²) in [6.07, 6.45) is 0.568. The number of carbonyl (C=O) groups excluding carboxylic acids is 4. The predicted molar refractivity (Wildman–Crippen MR) is 107 cm³/mol. The van der Waals surface area contributed by atoms with Gasteiger partial charge in [0.2, 0.25) is 23.6 Å². The number of hydrogen-bond acceptors (Lipinski definition) is 7. The number of likely N-dealkylation sites (tertiary alicyclic amines) is 1. The summed E-state index contributed by atoms with van der Waals surface area (Å²) in [6.45, 7) is 3.73. The molecule has 1 fully saturated rings. The van der Waals surface area contributed by atoms with Gasteiger partial charge >= 0.3 is 5.97 Å². The molecule has 0 radical (unpaired) electrons. The smallest absolute Gasteiger partial charge is 0.327 e. The average molecular weight is 432 g/mol. The van der Waals surface area contributed by atoms with Crippen LogP contribution in [0, 0.1) is 5.92 Å². The summed E-state index contributed by atoms with van der Waals surface area (Å²) in [7, 11) is 0. The lowest BCUT2D eigenvalue weighted by Crippen LogP contribution is -2.58. The van der Waals surface area contributed by atoms with Crippen molar-refractivity contribution in [3.8, 4) is 0 Å². The molecule has 11 nitrogen and oxygen atoms in total. The minimum absolute atomic E-state index is 0.0931. The number of carboxylic acid groups (broad SMARTS) is 1. The van der Waals surface area contributed by atoms with Crippen LogP contribution in [0.25, 0.3) is 0 Å². The Hall–Kier alpha value is -2.34. The van der Waals surface area contributed by atoms with Gasteiger partial charge in [-0.05, 0) is 18.8 Å². The van der Waals surface area contributed by atoms with Crippen LogP contribution in [-0.4, -0.2) is 76.1 Å². The molecule has 1 rings (SSSR count). The Morgan fingerprint density at radius 1 is 1.21 bits per heavy atom. The Bertz CT molecular complexity index is 658. The average Bonchev–Trinajstić information content (AvgIpc) is 3.11. The van der Waals surface area contributed by atoms with Crippen molar-refractivity contribution >= 4 is 42.2 Å². The molecule has 0 aromatic heterocycles. The second-order valence-corrected chi connectivity index (χ2v) is 7.64. The van der Waals surface area contributed by atoms with Gasteiger partial charge < -0.3 is 32.1 Å². The maximum absolute atomic E-state index is 13.0. The van der Waals surface area contributed by atoms with Crippen LogP contribution in [-0.2, 0) is 24.0 Å². The Kier molecular flexibility index (Phi) is 9.37. The fraction of sp³-hybridized carbons (Fsp3) is 0.706. The van der Waals surface area contributed by atoms with E-state index in [4.69, 9.17) is 16.6 Å². The summed E-state index contributed by atoms with van der Waals surface area (Å²) < 4.78 is 0. The quantitative estimate of drug-likeness (QED) is 0.212. The van der Waals surface area contributed by atoms with Crippen LogP contribution in [0.3, 0.4) is 0 Å². The Morgan fingerprint density at radius 3 is 2.31 bits per heavy atom. The first-order valence-electron chi connectivity index (χ1n) is 9.28. The Morgan fingerprint density at radius 2 is 1.83 bits per heavy atom. The summed E-state index contributed by atoms with van der Waals surface area (Å²) in [5.74, 6) is -4.14. The van der Waals surface area contributed by atoms with Gasteiger partial charge in [-0.1, -0.05) is 13.8 Å². The number of amides is 4. The van der Waals surface area contributed by atoms with Gasteiger partial charge in [0.1, 0.15) is 18.1 Å². The number of rotatable bonds is 10. The molecule has 4 unspecified atom stereocenters. The zero-order valence-electron chi connectivity index (χ0n) is 16.5. The highest BCUT2D eigenvalue weighted by atomic mass is 32.1. The molecular formula is C17H29N5O6S. The Labute approximate surface area is 174 Å². The van der Waals surface area contributed by atoms with E-state index in [1.54, 1.807) is 13.8 Å². The van der Waals surface area contributed by atoms with E-state index >= 15 is 0 Å². The van der Waals surface area contributed by atoms with Crippen LogP contribution >= 0.6 is 12.6 Å². The molecule has 29 heavy (non-hydrogen) atoms. The van der Waals surface area contributed by atoms with Crippen molar-refractivity contribution in [2.24, 2.45) is 17.4 Å². The van der Waals surface area contributed by atoms with Crippen molar-refractivity contribution in [3.05, 3.63) is 0 Å². The third-order valence-electron chi connectivity index (χ3n) is 4.62. The largest absolute Gasteiger partial charge is 0.480 e. The molecule has 164 valence electrons. The second kappa shape index (κ2) is 11.0. The standard InChI is InChI=1S/C17H29N5O6S/c1-8(2)13(21-14(24)9(18)6-12(19)23)16(26)22-5-3-4-11(22)15(25)20-10(7-29)17(27)28/h8-11,13,29H,3-7,18H2,1-2H3,(H2,19,23)(H,20,25)(H,21,24)(H,27,28). The molecule has 4 amide bonds. The predicted octanol–water partition coefficient (Wildman–Crippen LogP) is -2.18. The van der Waals surface area contributed by atoms with Crippen molar-refractivity contribution in [1.29, 1.82) is 0 Å². The maximum atomic E-state index is 13.0. The van der Waals surface area contributed by atoms with Crippen LogP contribution in [0.5, 0.6) is 0 Å². The molecule has 0 aliphatic carbocycles. The van der Waals surface area contributed by atoms with E-state index in [0.29, 0.717) is 19.4 Å². The number of carbonyl (C=O) groups is 5. The monoisotopic (exact) mass is 431 g/mol. The summed E-state index contributed by atoms with van der Waals surface area (Å²) >= 11 is 3.91. The highest BCUT2D eigenvalue weighted by Crippen LogP contribution is 2.20. The minimum atomic E-state index is -1.22. The molecule has 1 saturated heterocycles. The SMILES string of the molecule is CC(C)C(NC(=O)C(N)CC(N)=O)C(=O)N1CCCC1C(=O)NC(CS)C(=O)O. The number of primary amides is 1. The molecule has 0 bridgehead atoms. The van der Waals surface area contributed by atoms with E-state index in [1.165, 1.54) is 4.90 Å². The van der Waals surface area contributed by atoms with Crippen LogP contribution in [0.1, 0.15) is 33.1 Å². The summed E-state index contributed by atoms with van der Waals surface area (Å²) in [4.78, 5) is 61.2. The number of nitrogens with two attached hydrogens (primary N) is 2. The molecule has 1 aliphatic heterocycles. The number of carboxylic acids is 1. The van der Waals surface area contributed by atoms with Gasteiger partial charge in [0.05, 0.1) is 12.5 Å². The van der Waals surface area contributed by atoms with Gasteiger partial charge in [-0.25, -0.2) is 4.79 Å². The van der Waals surface area contributed by atoms with E-state index in [2.05, 4.69) is 23.3 Å². The summed E-state index contributed by atoms with van der Waals surface area (Å²) in [6, 6.07) is -4.17. The zero-order valence-corrected chi connectivity index (χ0v) is 17.4. The number of nitrogens with one attached hydrogen (secondary N) is 2. The van der Waals surface area contributed by atoms with Crippen molar-refractivity contribution in [2.75, 3.05) is 12.3 Å². The molecule has 1 aliphatic rings. The van der Waals surface area contributed by atoms with Gasteiger partial charge in [-0.15, -0.1) is 0 Å². The van der Waals surface area contributed by atoms with E-state index in [-0.39, 0.29) is 18.1 Å². The zero-order chi connectivity index (χ0) is 22.3. The lowest BCUT2D eigenvalue weighted by Gasteiger charge is -2.31. The molecule has 4 atom stereocenters. The molecular weight excluding hydrogens is 402 g/mol. The van der Waals surface area contributed by atoms with Crippen molar-refractivity contribution in [1.82, 2.24) is 15.5 Å². The van der Waals surface area contributed by atoms with E-state index in [1.807, 2.05) is 0 Å². The fourth-order valence-corrected chi connectivity index (χ4v) is 3.27. The van der Waals surface area contributed by atoms with E-state index in [0.717, 1.165) is 0 Å². The Balaban J connectivity index is 2.90. The lowest BCUT2D eigenvalue weighted by atomic mass is 10.0. The van der Waals surface area contributed by atoms with Gasteiger partial charge in [0, 0.05) is 12.3 Å². The molecule has 0 spiro atoms. The molecule has 0 saturated carbocycles. The third kappa shape index (κ3) is 6.89. The molecule has 7 N–H and O–H groups in total. The third-order valence-corrected chi connectivity index (χ3v) is 4.99. The molecule has 0 aromatic carbocycles. The second-order valence-electron chi connectivity index (χ2n) is 7.28. The first-order valence-corrected chi connectivity index (χ1v) is 9.91. The fourth-order valence-electron chi connectivity index (χ4n) is 3.02. The van der Waals surface area contributed by atoms with Crippen LogP contribution < -0.4 is 22.1 Å². The van der Waals surface area contributed by atoms with Crippen LogP contribution in [0.15, 0.2) is 0 Å². The van der Waals surface area contributed by atoms with Gasteiger partial charge in [0.15, 0.2) is 0 Å². The maximum Gasteiger partial charge on any atom is 0.327 e. The van der Waals surface area contributed by atoms with Gasteiger partial charge in [0.25, 0.3) is 0 Å². The molecule has 1 heterocycles. The first kappa shape index (κ1) is 24.7. The number of nitrogens with zero attached hydrogens (tertiary/aromatic N) is 1. The van der Waals surface area contributed by atoms with Gasteiger partial charge in [-0.3, -0.25) is 19.2 Å². The highest BCUT2D eigenvalue weighted by molar-refractivity contribution is 7.80. The topological polar surface area (TPSA) is 185 Å². The minimum Gasteiger partial charge on any atom is -0.480 e. The lowest BCUT2D eigenvalue weighted by molar-refractivity contribution is -0.145. The van der Waals surface area contributed by atoms with Gasteiger partial charge in [-0.2, -0.15) is 12.6 Å². The molecule has 0 aromatic rings. The highest BCUT2D eigenvalue weighted by Gasteiger charge is 2.39. The number of hydrogen-bond donors (Lipinski definition) is 6. The normalized spacial score (nSPS) is 19.3. The van der Waals surface area contributed by atoms with Crippen molar-refractivity contribution in [3.63, 3.8) is 0 Å². The van der Waals surface area contributed by atoms with E-state index < -0.39 is 53.8 Å². The number of thiol groups is 1. The number of aliphatic carboxylic acids is 1. The van der Waals surface area contributed by atoms with Crippen LogP contribution in [0.4, 0.5) is 0 Å². The van der Waals surface area contributed by atoms with E-state index in [9.17, 15) is 24.0 Å². The first-order chi connectivity index (χ1) is 13.5. The summed E-state index contributed by atoms with van der Waals surface area (Å²) in [5.41, 5.74) is 10.7.